The molecule has 0 radical (unpaired) electrons. The Morgan fingerprint density at radius 3 is 2.65 bits per heavy atom. The first-order valence-electron chi connectivity index (χ1n) is 5.22. The summed E-state index contributed by atoms with van der Waals surface area (Å²) in [6.45, 7) is 5.67. The first kappa shape index (κ1) is 12.7. The lowest BCUT2D eigenvalue weighted by atomic mass is 9.84. The number of aliphatic hydroxyl groups excluding tert-OH is 1. The van der Waals surface area contributed by atoms with Crippen molar-refractivity contribution in [2.24, 2.45) is 5.41 Å². The molecule has 1 heterocycles. The molecule has 0 aliphatic rings. The van der Waals surface area contributed by atoms with E-state index >= 15 is 0 Å². The molecule has 0 fully saturated rings. The molecule has 92 valence electrons. The molecule has 0 spiro atoms. The van der Waals surface area contributed by atoms with Crippen molar-refractivity contribution in [3.63, 3.8) is 0 Å². The molecule has 1 aromatic carbocycles. The van der Waals surface area contributed by atoms with E-state index in [1.807, 2.05) is 20.8 Å². The highest BCUT2D eigenvalue weighted by molar-refractivity contribution is 7.22. The fourth-order valence-corrected chi connectivity index (χ4v) is 2.75. The fraction of sp³-hybridized carbons (Fsp3) is 0.417. The Balaban J connectivity index is 2.67. The minimum Gasteiger partial charge on any atom is -0.388 e. The number of benzene rings is 1. The van der Waals surface area contributed by atoms with Gasteiger partial charge in [0.2, 0.25) is 0 Å². The van der Waals surface area contributed by atoms with Gasteiger partial charge in [-0.1, -0.05) is 32.4 Å². The summed E-state index contributed by atoms with van der Waals surface area (Å²) < 4.78 is 14.5. The lowest BCUT2D eigenvalue weighted by Gasteiger charge is -2.26. The van der Waals surface area contributed by atoms with Crippen molar-refractivity contribution in [2.75, 3.05) is 0 Å². The number of halogens is 2. The van der Waals surface area contributed by atoms with Crippen LogP contribution < -0.4 is 0 Å². The summed E-state index contributed by atoms with van der Waals surface area (Å²) in [6, 6.07) is 2.71. The van der Waals surface area contributed by atoms with Crippen molar-refractivity contribution < 1.29 is 9.50 Å². The summed E-state index contributed by atoms with van der Waals surface area (Å²) in [5.41, 5.74) is 0.705. The third kappa shape index (κ3) is 2.44. The summed E-state index contributed by atoms with van der Waals surface area (Å²) in [6.07, 6.45) is -0.779. The van der Waals surface area contributed by atoms with E-state index in [1.165, 1.54) is 23.5 Å². The summed E-state index contributed by atoms with van der Waals surface area (Å²) in [5, 5.41) is 10.2. The number of rotatable bonds is 1. The fourth-order valence-electron chi connectivity index (χ4n) is 1.67. The monoisotopic (exact) mass is 273 g/mol. The lowest BCUT2D eigenvalue weighted by molar-refractivity contribution is 0.0635. The highest BCUT2D eigenvalue weighted by Crippen LogP contribution is 2.38. The van der Waals surface area contributed by atoms with Crippen LogP contribution in [0.2, 0.25) is 4.47 Å². The van der Waals surface area contributed by atoms with E-state index in [9.17, 15) is 9.50 Å². The van der Waals surface area contributed by atoms with Crippen LogP contribution in [0.1, 0.15) is 32.4 Å². The second-order valence-electron chi connectivity index (χ2n) is 5.08. The molecule has 2 rings (SSSR count). The van der Waals surface area contributed by atoms with E-state index in [1.54, 1.807) is 0 Å². The van der Waals surface area contributed by atoms with Gasteiger partial charge in [-0.25, -0.2) is 9.37 Å². The SMILES string of the molecule is CC(C)(C)C(O)c1cc(F)cc2sc(Cl)nc12. The Bertz CT molecular complexity index is 561. The molecule has 0 amide bonds. The van der Waals surface area contributed by atoms with Crippen LogP contribution in [0.5, 0.6) is 0 Å². The van der Waals surface area contributed by atoms with Gasteiger partial charge in [0.15, 0.2) is 4.47 Å². The van der Waals surface area contributed by atoms with Crippen molar-refractivity contribution in [1.29, 1.82) is 0 Å². The first-order valence-corrected chi connectivity index (χ1v) is 6.42. The quantitative estimate of drug-likeness (QED) is 0.846. The summed E-state index contributed by atoms with van der Waals surface area (Å²) >= 11 is 7.04. The first-order chi connectivity index (χ1) is 7.79. The van der Waals surface area contributed by atoms with Gasteiger partial charge in [0.25, 0.3) is 0 Å². The number of aromatic nitrogens is 1. The van der Waals surface area contributed by atoms with Crippen LogP contribution in [0.15, 0.2) is 12.1 Å². The molecule has 17 heavy (non-hydrogen) atoms. The maximum absolute atomic E-state index is 13.5. The van der Waals surface area contributed by atoms with Gasteiger partial charge in [-0.05, 0) is 17.5 Å². The summed E-state index contributed by atoms with van der Waals surface area (Å²) in [4.78, 5) is 4.15. The van der Waals surface area contributed by atoms with Gasteiger partial charge in [-0.2, -0.15) is 0 Å². The van der Waals surface area contributed by atoms with Gasteiger partial charge in [-0.3, -0.25) is 0 Å². The third-order valence-corrected chi connectivity index (χ3v) is 3.68. The highest BCUT2D eigenvalue weighted by Gasteiger charge is 2.27. The van der Waals surface area contributed by atoms with Crippen LogP contribution in [-0.2, 0) is 0 Å². The van der Waals surface area contributed by atoms with Gasteiger partial charge in [0, 0.05) is 5.56 Å². The maximum Gasteiger partial charge on any atom is 0.184 e. The van der Waals surface area contributed by atoms with Crippen LogP contribution in [0.25, 0.3) is 10.2 Å². The number of nitrogens with zero attached hydrogens (tertiary/aromatic N) is 1. The van der Waals surface area contributed by atoms with Crippen molar-refractivity contribution >= 4 is 33.2 Å². The standard InChI is InChI=1S/C12H13ClFNOS/c1-12(2,3)10(16)7-4-6(14)5-8-9(7)15-11(13)17-8/h4-5,10,16H,1-3H3. The Labute approximate surface area is 108 Å². The topological polar surface area (TPSA) is 33.1 Å². The number of aliphatic hydroxyl groups is 1. The van der Waals surface area contributed by atoms with E-state index in [0.29, 0.717) is 20.2 Å². The number of hydrogen-bond donors (Lipinski definition) is 1. The molecule has 1 unspecified atom stereocenters. The smallest absolute Gasteiger partial charge is 0.184 e. The van der Waals surface area contributed by atoms with Crippen LogP contribution in [0.3, 0.4) is 0 Å². The molecule has 2 aromatic rings. The Morgan fingerprint density at radius 1 is 1.41 bits per heavy atom. The Kier molecular flexibility index (Phi) is 3.14. The Morgan fingerprint density at radius 2 is 2.06 bits per heavy atom. The molecule has 0 aliphatic heterocycles. The molecule has 1 aromatic heterocycles. The molecule has 5 heteroatoms. The largest absolute Gasteiger partial charge is 0.388 e. The van der Waals surface area contributed by atoms with E-state index in [2.05, 4.69) is 4.98 Å². The second kappa shape index (κ2) is 4.19. The zero-order chi connectivity index (χ0) is 12.8. The van der Waals surface area contributed by atoms with E-state index in [0.717, 1.165) is 0 Å². The number of thiazole rings is 1. The molecule has 1 atom stereocenters. The van der Waals surface area contributed by atoms with E-state index in [4.69, 9.17) is 11.6 Å². The Hall–Kier alpha value is -0.710. The molecule has 0 saturated heterocycles. The van der Waals surface area contributed by atoms with E-state index in [-0.39, 0.29) is 11.2 Å². The zero-order valence-electron chi connectivity index (χ0n) is 9.79. The highest BCUT2D eigenvalue weighted by atomic mass is 35.5. The van der Waals surface area contributed by atoms with Gasteiger partial charge in [0.05, 0.1) is 16.3 Å². The molecule has 0 aliphatic carbocycles. The van der Waals surface area contributed by atoms with Crippen molar-refractivity contribution in [2.45, 2.75) is 26.9 Å². The minimum atomic E-state index is -0.779. The van der Waals surface area contributed by atoms with Crippen LogP contribution in [0.4, 0.5) is 4.39 Å². The van der Waals surface area contributed by atoms with E-state index < -0.39 is 6.10 Å². The van der Waals surface area contributed by atoms with Crippen molar-refractivity contribution in [3.05, 3.63) is 28.0 Å². The average Bonchev–Trinajstić information content (AvgIpc) is 2.54. The lowest BCUT2D eigenvalue weighted by Crippen LogP contribution is -2.18. The van der Waals surface area contributed by atoms with Crippen LogP contribution in [-0.4, -0.2) is 10.1 Å². The van der Waals surface area contributed by atoms with Crippen LogP contribution >= 0.6 is 22.9 Å². The molecule has 2 nitrogen and oxygen atoms in total. The normalized spacial score (nSPS) is 14.2. The second-order valence-corrected chi connectivity index (χ2v) is 6.69. The average molecular weight is 274 g/mol. The van der Waals surface area contributed by atoms with Crippen LogP contribution in [0, 0.1) is 11.2 Å². The predicted octanol–water partition coefficient (Wildman–Crippen LogP) is 4.17. The number of hydrogen-bond acceptors (Lipinski definition) is 3. The van der Waals surface area contributed by atoms with Gasteiger partial charge >= 0.3 is 0 Å². The van der Waals surface area contributed by atoms with Crippen molar-refractivity contribution in [3.8, 4) is 0 Å². The molecule has 0 bridgehead atoms. The molecular weight excluding hydrogens is 261 g/mol. The van der Waals surface area contributed by atoms with Gasteiger partial charge in [0.1, 0.15) is 5.82 Å². The molecular formula is C12H13ClFNOS. The molecule has 1 N–H and O–H groups in total. The predicted molar refractivity (Wildman–Crippen MR) is 69.0 cm³/mol. The molecule has 0 saturated carbocycles. The number of fused-ring (bicyclic) bond motifs is 1. The van der Waals surface area contributed by atoms with Gasteiger partial charge < -0.3 is 5.11 Å². The maximum atomic E-state index is 13.5. The van der Waals surface area contributed by atoms with Crippen molar-refractivity contribution in [1.82, 2.24) is 4.98 Å². The zero-order valence-corrected chi connectivity index (χ0v) is 11.4. The van der Waals surface area contributed by atoms with Gasteiger partial charge in [-0.15, -0.1) is 11.3 Å². The third-order valence-electron chi connectivity index (χ3n) is 2.58. The summed E-state index contributed by atoms with van der Waals surface area (Å²) in [7, 11) is 0. The summed E-state index contributed by atoms with van der Waals surface area (Å²) in [5.74, 6) is -0.379. The minimum absolute atomic E-state index is 0.355.